The molecule has 2 nitrogen and oxygen atoms in total. The lowest BCUT2D eigenvalue weighted by atomic mass is 11.5. The van der Waals surface area contributed by atoms with Crippen molar-refractivity contribution in [3.8, 4) is 0 Å². The van der Waals surface area contributed by atoms with Crippen molar-refractivity contribution in [1.82, 2.24) is 4.84 Å². The molecule has 0 bridgehead atoms. The molecule has 0 rings (SSSR count). The first kappa shape index (κ1) is 5.11. The van der Waals surface area contributed by atoms with E-state index in [4.69, 9.17) is 0 Å². The summed E-state index contributed by atoms with van der Waals surface area (Å²) in [5.41, 5.74) is 0. The van der Waals surface area contributed by atoms with Gasteiger partial charge in [-0.05, 0) is 0 Å². The van der Waals surface area contributed by atoms with Crippen LogP contribution in [0.1, 0.15) is 0 Å². The summed E-state index contributed by atoms with van der Waals surface area (Å²) in [5, 5.41) is -0.535. The highest BCUT2D eigenvalue weighted by molar-refractivity contribution is 7.96. The molecular formula is CH2ClNOS. The second-order valence-corrected chi connectivity index (χ2v) is 0.995. The molecule has 0 aromatic carbocycles. The minimum Gasteiger partial charge on any atom is -0.261 e. The number of hydrogen-bond donors (Lipinski definition) is 2. The van der Waals surface area contributed by atoms with Gasteiger partial charge in [0.05, 0.1) is 0 Å². The van der Waals surface area contributed by atoms with Gasteiger partial charge in [0.2, 0.25) is 0 Å². The molecule has 0 fully saturated rings. The van der Waals surface area contributed by atoms with Crippen LogP contribution in [0.3, 0.4) is 0 Å². The van der Waals surface area contributed by atoms with E-state index in [-0.39, 0.29) is 0 Å². The Bertz CT molecular complexity index is 46.9. The van der Waals surface area contributed by atoms with E-state index in [1.165, 1.54) is 0 Å². The average Bonchev–Trinajstić information content (AvgIpc) is 1.38. The maximum absolute atomic E-state index is 9.43. The molecular weight excluding hydrogens is 110 g/mol. The van der Waals surface area contributed by atoms with E-state index in [9.17, 15) is 4.79 Å². The summed E-state index contributed by atoms with van der Waals surface area (Å²) in [7, 11) is 0. The number of carbonyl (C=O) groups excluding carboxylic acids is 1. The Labute approximate surface area is 40.0 Å². The largest absolute Gasteiger partial charge is 0.290 e. The Morgan fingerprint density at radius 3 is 2.20 bits per heavy atom. The first-order valence-corrected chi connectivity index (χ1v) is 1.69. The highest BCUT2D eigenvalue weighted by Gasteiger charge is 1.77. The van der Waals surface area contributed by atoms with Crippen molar-refractivity contribution < 1.29 is 4.79 Å². The fourth-order valence-electron chi connectivity index (χ4n) is 0. The fraction of sp³-hybridized carbons (Fsp3) is 0. The van der Waals surface area contributed by atoms with E-state index in [0.717, 1.165) is 0 Å². The molecule has 0 unspecified atom stereocenters. The predicted molar refractivity (Wildman–Crippen MR) is 23.4 cm³/mol. The fourth-order valence-corrected chi connectivity index (χ4v) is 0. The van der Waals surface area contributed by atoms with Gasteiger partial charge in [0.15, 0.2) is 0 Å². The third kappa shape index (κ3) is 4.11. The number of hydrogen-bond acceptors (Lipinski definition) is 1. The lowest BCUT2D eigenvalue weighted by molar-refractivity contribution is 0.265. The first-order valence-electron chi connectivity index (χ1n) is 0.867. The minimum absolute atomic E-state index is 0.535. The first-order chi connectivity index (χ1) is 2.27. The van der Waals surface area contributed by atoms with Gasteiger partial charge in [0.1, 0.15) is 0 Å². The molecule has 0 aliphatic carbocycles. The van der Waals surface area contributed by atoms with Gasteiger partial charge in [-0.25, -0.2) is 0 Å². The van der Waals surface area contributed by atoms with Gasteiger partial charge < -0.3 is 0 Å². The number of rotatable bonds is 0. The number of thiol groups is 1. The summed E-state index contributed by atoms with van der Waals surface area (Å²) in [5.74, 6) is 0. The SMILES string of the molecule is O=C(S)NCl. The molecule has 0 aromatic rings. The summed E-state index contributed by atoms with van der Waals surface area (Å²) in [4.78, 5) is 11.2. The zero-order valence-electron chi connectivity index (χ0n) is 2.23. The maximum atomic E-state index is 9.43. The normalized spacial score (nSPS) is 6.80. The lowest BCUT2D eigenvalue weighted by Crippen LogP contribution is -1.98. The molecule has 0 aliphatic heterocycles. The van der Waals surface area contributed by atoms with Gasteiger partial charge in [-0.15, -0.1) is 0 Å². The van der Waals surface area contributed by atoms with Crippen LogP contribution < -0.4 is 4.84 Å². The van der Waals surface area contributed by atoms with E-state index < -0.39 is 5.24 Å². The average molecular weight is 112 g/mol. The van der Waals surface area contributed by atoms with Crippen molar-refractivity contribution in [3.63, 3.8) is 0 Å². The quantitative estimate of drug-likeness (QED) is 0.351. The van der Waals surface area contributed by atoms with Crippen molar-refractivity contribution >= 4 is 29.6 Å². The number of carbonyl (C=O) groups is 1. The minimum atomic E-state index is -0.535. The van der Waals surface area contributed by atoms with Crippen LogP contribution in [0.2, 0.25) is 0 Å². The summed E-state index contributed by atoms with van der Waals surface area (Å²) in [6.07, 6.45) is 0. The van der Waals surface area contributed by atoms with Gasteiger partial charge in [0.25, 0.3) is 5.24 Å². The zero-order chi connectivity index (χ0) is 4.28. The van der Waals surface area contributed by atoms with Gasteiger partial charge >= 0.3 is 0 Å². The van der Waals surface area contributed by atoms with Gasteiger partial charge in [-0.1, -0.05) is 12.6 Å². The molecule has 1 N–H and O–H groups in total. The van der Waals surface area contributed by atoms with E-state index in [2.05, 4.69) is 24.4 Å². The van der Waals surface area contributed by atoms with Gasteiger partial charge in [0, 0.05) is 11.8 Å². The third-order valence-corrected chi connectivity index (χ3v) is 0.496. The third-order valence-electron chi connectivity index (χ3n) is 0.0808. The van der Waals surface area contributed by atoms with E-state index in [1.807, 2.05) is 0 Å². The molecule has 5 heavy (non-hydrogen) atoms. The molecule has 0 aliphatic rings. The standard InChI is InChI=1S/CH2ClNOS/c2-3-1(4)5/h(H2,3,4,5). The van der Waals surface area contributed by atoms with Crippen molar-refractivity contribution in [2.45, 2.75) is 0 Å². The summed E-state index contributed by atoms with van der Waals surface area (Å²) in [6.45, 7) is 0. The number of nitrogens with one attached hydrogen (secondary N) is 1. The Balaban J connectivity index is 2.85. The van der Waals surface area contributed by atoms with Crippen molar-refractivity contribution in [3.05, 3.63) is 0 Å². The van der Waals surface area contributed by atoms with Crippen LogP contribution in [0.15, 0.2) is 0 Å². The molecule has 0 saturated carbocycles. The molecule has 0 atom stereocenters. The Morgan fingerprint density at radius 1 is 2.00 bits per heavy atom. The molecule has 0 saturated heterocycles. The van der Waals surface area contributed by atoms with Crippen LogP contribution in [0.25, 0.3) is 0 Å². The van der Waals surface area contributed by atoms with E-state index in [1.54, 1.807) is 4.84 Å². The molecule has 0 heterocycles. The van der Waals surface area contributed by atoms with Crippen LogP contribution in [0.4, 0.5) is 4.79 Å². The van der Waals surface area contributed by atoms with E-state index in [0.29, 0.717) is 0 Å². The number of halogens is 1. The van der Waals surface area contributed by atoms with Crippen LogP contribution >= 0.6 is 24.4 Å². The van der Waals surface area contributed by atoms with Crippen molar-refractivity contribution in [1.29, 1.82) is 0 Å². The highest BCUT2D eigenvalue weighted by atomic mass is 35.5. The second kappa shape index (κ2) is 2.35. The smallest absolute Gasteiger partial charge is 0.261 e. The molecule has 0 radical (unpaired) electrons. The molecule has 1 amide bonds. The number of amides is 1. The Kier molecular flexibility index (Phi) is 2.41. The second-order valence-electron chi connectivity index (χ2n) is 0.400. The summed E-state index contributed by atoms with van der Waals surface area (Å²) in [6, 6.07) is 0. The topological polar surface area (TPSA) is 29.1 Å². The summed E-state index contributed by atoms with van der Waals surface area (Å²) < 4.78 is 0. The predicted octanol–water partition coefficient (Wildman–Crippen LogP) is 0.780. The van der Waals surface area contributed by atoms with Crippen LogP contribution in [0, 0.1) is 0 Å². The Hall–Kier alpha value is 0.110. The lowest BCUT2D eigenvalue weighted by Gasteiger charge is -1.74. The highest BCUT2D eigenvalue weighted by Crippen LogP contribution is 1.73. The van der Waals surface area contributed by atoms with Crippen LogP contribution in [-0.4, -0.2) is 5.24 Å². The molecule has 4 heteroatoms. The molecule has 30 valence electrons. The van der Waals surface area contributed by atoms with Crippen molar-refractivity contribution in [2.24, 2.45) is 0 Å². The van der Waals surface area contributed by atoms with Crippen molar-refractivity contribution in [2.75, 3.05) is 0 Å². The Morgan fingerprint density at radius 2 is 2.20 bits per heavy atom. The van der Waals surface area contributed by atoms with Crippen LogP contribution in [0.5, 0.6) is 0 Å². The van der Waals surface area contributed by atoms with E-state index >= 15 is 0 Å². The van der Waals surface area contributed by atoms with Gasteiger partial charge in [-0.2, -0.15) is 0 Å². The zero-order valence-corrected chi connectivity index (χ0v) is 3.88. The molecule has 0 aromatic heterocycles. The molecule has 0 spiro atoms. The monoisotopic (exact) mass is 111 g/mol. The van der Waals surface area contributed by atoms with Crippen LogP contribution in [-0.2, 0) is 0 Å². The summed E-state index contributed by atoms with van der Waals surface area (Å²) >= 11 is 7.88. The van der Waals surface area contributed by atoms with Gasteiger partial charge in [-0.3, -0.25) is 9.63 Å². The maximum Gasteiger partial charge on any atom is 0.290 e.